The summed E-state index contributed by atoms with van der Waals surface area (Å²) in [7, 11) is -0.731. The first-order valence-corrected chi connectivity index (χ1v) is 12.8. The molecule has 3 aromatic carbocycles. The van der Waals surface area contributed by atoms with Crippen molar-refractivity contribution in [2.45, 2.75) is 17.9 Å². The molecule has 0 unspecified atom stereocenters. The van der Waals surface area contributed by atoms with Gasteiger partial charge in [-0.3, -0.25) is 4.79 Å². The quantitative estimate of drug-likeness (QED) is 0.392. The average Bonchev–Trinajstić information content (AvgIpc) is 2.85. The van der Waals surface area contributed by atoms with Crippen LogP contribution in [0.15, 0.2) is 82.2 Å². The lowest BCUT2D eigenvalue weighted by Crippen LogP contribution is -2.40. The van der Waals surface area contributed by atoms with Gasteiger partial charge in [0.25, 0.3) is 0 Å². The maximum atomic E-state index is 13.3. The number of nitrogens with one attached hydrogen (secondary N) is 1. The van der Waals surface area contributed by atoms with Crippen LogP contribution in [0, 0.1) is 0 Å². The van der Waals surface area contributed by atoms with E-state index in [0.717, 1.165) is 15.6 Å². The molecular weight excluding hydrogens is 520 g/mol. The summed E-state index contributed by atoms with van der Waals surface area (Å²) in [6, 6.07) is 21.0. The highest BCUT2D eigenvalue weighted by atomic mass is 79.9. The molecule has 0 radical (unpaired) electrons. The van der Waals surface area contributed by atoms with Crippen LogP contribution < -0.4 is 14.8 Å². The number of carbonyl (C=O) groups excluding carboxylic acids is 1. The predicted octanol–water partition coefficient (Wildman–Crippen LogP) is 4.02. The van der Waals surface area contributed by atoms with Gasteiger partial charge in [0.2, 0.25) is 15.9 Å². The zero-order valence-electron chi connectivity index (χ0n) is 19.0. The SMILES string of the molecule is COc1ccc(CCNC(=O)CN(Cc2ccc(Br)cc2)S(=O)(=O)c2ccccc2)cc1OC. The van der Waals surface area contributed by atoms with Gasteiger partial charge in [-0.15, -0.1) is 0 Å². The van der Waals surface area contributed by atoms with Crippen LogP contribution in [0.2, 0.25) is 0 Å². The first-order valence-electron chi connectivity index (χ1n) is 10.6. The van der Waals surface area contributed by atoms with Gasteiger partial charge in [-0.2, -0.15) is 4.31 Å². The molecule has 1 N–H and O–H groups in total. The minimum absolute atomic E-state index is 0.0770. The molecule has 0 saturated carbocycles. The summed E-state index contributed by atoms with van der Waals surface area (Å²) in [6.07, 6.45) is 0.560. The molecule has 0 heterocycles. The van der Waals surface area contributed by atoms with E-state index in [9.17, 15) is 13.2 Å². The second-order valence-corrected chi connectivity index (χ2v) is 10.4. The van der Waals surface area contributed by atoms with Gasteiger partial charge in [-0.25, -0.2) is 8.42 Å². The lowest BCUT2D eigenvalue weighted by Gasteiger charge is -2.22. The van der Waals surface area contributed by atoms with Crippen LogP contribution >= 0.6 is 15.9 Å². The largest absolute Gasteiger partial charge is 0.493 e. The second kappa shape index (κ2) is 12.0. The maximum absolute atomic E-state index is 13.3. The highest BCUT2D eigenvalue weighted by Gasteiger charge is 2.26. The number of amides is 1. The van der Waals surface area contributed by atoms with E-state index in [2.05, 4.69) is 21.2 Å². The van der Waals surface area contributed by atoms with Crippen LogP contribution in [0.5, 0.6) is 11.5 Å². The number of rotatable bonds is 11. The molecular formula is C25H27BrN2O5S. The Hall–Kier alpha value is -2.88. The zero-order chi connectivity index (χ0) is 24.6. The van der Waals surface area contributed by atoms with Crippen molar-refractivity contribution >= 4 is 31.9 Å². The van der Waals surface area contributed by atoms with Crippen molar-refractivity contribution in [3.05, 3.63) is 88.4 Å². The number of nitrogens with zero attached hydrogens (tertiary/aromatic N) is 1. The summed E-state index contributed by atoms with van der Waals surface area (Å²) in [6.45, 7) is 0.138. The number of hydrogen-bond donors (Lipinski definition) is 1. The van der Waals surface area contributed by atoms with E-state index in [1.54, 1.807) is 32.4 Å². The standard InChI is InChI=1S/C25H27BrN2O5S/c1-32-23-13-10-19(16-24(23)33-2)14-15-27-25(29)18-28(17-20-8-11-21(26)12-9-20)34(30,31)22-6-4-3-5-7-22/h3-13,16H,14-15,17-18H2,1-2H3,(H,27,29). The summed E-state index contributed by atoms with van der Waals surface area (Å²) in [5.41, 5.74) is 1.74. The summed E-state index contributed by atoms with van der Waals surface area (Å²) in [5.74, 6) is 0.864. The molecule has 3 rings (SSSR count). The van der Waals surface area contributed by atoms with E-state index in [0.29, 0.717) is 24.5 Å². The fraction of sp³-hybridized carbons (Fsp3) is 0.240. The van der Waals surface area contributed by atoms with Gasteiger partial charge in [-0.1, -0.05) is 52.3 Å². The number of carbonyl (C=O) groups is 1. The first-order chi connectivity index (χ1) is 16.3. The molecule has 180 valence electrons. The third kappa shape index (κ3) is 6.82. The maximum Gasteiger partial charge on any atom is 0.243 e. The zero-order valence-corrected chi connectivity index (χ0v) is 21.4. The Bertz CT molecular complexity index is 1200. The molecule has 0 spiro atoms. The van der Waals surface area contributed by atoms with Crippen LogP contribution in [0.4, 0.5) is 0 Å². The third-order valence-corrected chi connectivity index (χ3v) is 7.49. The van der Waals surface area contributed by atoms with Crippen LogP contribution in [0.3, 0.4) is 0 Å². The van der Waals surface area contributed by atoms with Crippen LogP contribution in [0.25, 0.3) is 0 Å². The predicted molar refractivity (Wildman–Crippen MR) is 134 cm³/mol. The molecule has 0 aliphatic heterocycles. The van der Waals surface area contributed by atoms with Crippen LogP contribution in [-0.2, 0) is 27.8 Å². The molecule has 7 nitrogen and oxygen atoms in total. The fourth-order valence-electron chi connectivity index (χ4n) is 3.36. The molecule has 1 amide bonds. The van der Waals surface area contributed by atoms with Gasteiger partial charge in [0.1, 0.15) is 0 Å². The summed E-state index contributed by atoms with van der Waals surface area (Å²) in [4.78, 5) is 12.9. The molecule has 0 bridgehead atoms. The Morgan fingerprint density at radius 2 is 1.56 bits per heavy atom. The Balaban J connectivity index is 1.69. The third-order valence-electron chi connectivity index (χ3n) is 5.16. The fourth-order valence-corrected chi connectivity index (χ4v) is 5.03. The number of hydrogen-bond acceptors (Lipinski definition) is 5. The molecule has 0 atom stereocenters. The van der Waals surface area contributed by atoms with Crippen molar-refractivity contribution in [1.82, 2.24) is 9.62 Å². The van der Waals surface area contributed by atoms with E-state index in [1.807, 2.05) is 42.5 Å². The number of sulfonamides is 1. The van der Waals surface area contributed by atoms with Crippen molar-refractivity contribution in [2.24, 2.45) is 0 Å². The Kier molecular flexibility index (Phi) is 9.09. The van der Waals surface area contributed by atoms with E-state index >= 15 is 0 Å². The van der Waals surface area contributed by atoms with Gasteiger partial charge >= 0.3 is 0 Å². The van der Waals surface area contributed by atoms with Gasteiger partial charge in [0, 0.05) is 17.6 Å². The smallest absolute Gasteiger partial charge is 0.243 e. The monoisotopic (exact) mass is 546 g/mol. The minimum atomic E-state index is -3.87. The van der Waals surface area contributed by atoms with Crippen molar-refractivity contribution in [1.29, 1.82) is 0 Å². The Labute approximate surface area is 208 Å². The molecule has 0 aromatic heterocycles. The van der Waals surface area contributed by atoms with E-state index < -0.39 is 10.0 Å². The molecule has 0 fully saturated rings. The minimum Gasteiger partial charge on any atom is -0.493 e. The van der Waals surface area contributed by atoms with Crippen LogP contribution in [0.1, 0.15) is 11.1 Å². The molecule has 3 aromatic rings. The van der Waals surface area contributed by atoms with Crippen molar-refractivity contribution in [3.8, 4) is 11.5 Å². The molecule has 0 aliphatic carbocycles. The number of methoxy groups -OCH3 is 2. The Morgan fingerprint density at radius 1 is 0.912 bits per heavy atom. The second-order valence-electron chi connectivity index (χ2n) is 7.50. The van der Waals surface area contributed by atoms with Gasteiger partial charge in [0.05, 0.1) is 25.7 Å². The molecule has 0 aliphatic rings. The van der Waals surface area contributed by atoms with Gasteiger partial charge in [-0.05, 0) is 53.9 Å². The van der Waals surface area contributed by atoms with Crippen molar-refractivity contribution in [3.63, 3.8) is 0 Å². The summed E-state index contributed by atoms with van der Waals surface area (Å²) >= 11 is 3.38. The topological polar surface area (TPSA) is 84.9 Å². The van der Waals surface area contributed by atoms with Crippen molar-refractivity contribution < 1.29 is 22.7 Å². The number of halogens is 1. The van der Waals surface area contributed by atoms with E-state index in [4.69, 9.17) is 9.47 Å². The lowest BCUT2D eigenvalue weighted by molar-refractivity contribution is -0.121. The normalized spacial score (nSPS) is 11.3. The Morgan fingerprint density at radius 3 is 2.21 bits per heavy atom. The van der Waals surface area contributed by atoms with E-state index in [1.165, 1.54) is 16.4 Å². The lowest BCUT2D eigenvalue weighted by atomic mass is 10.1. The molecule has 9 heteroatoms. The van der Waals surface area contributed by atoms with Gasteiger partial charge < -0.3 is 14.8 Å². The van der Waals surface area contributed by atoms with E-state index in [-0.39, 0.29) is 23.9 Å². The van der Waals surface area contributed by atoms with Gasteiger partial charge in [0.15, 0.2) is 11.5 Å². The summed E-state index contributed by atoms with van der Waals surface area (Å²) in [5, 5.41) is 2.82. The highest BCUT2D eigenvalue weighted by molar-refractivity contribution is 9.10. The highest BCUT2D eigenvalue weighted by Crippen LogP contribution is 2.27. The number of ether oxygens (including phenoxy) is 2. The van der Waals surface area contributed by atoms with Crippen molar-refractivity contribution in [2.75, 3.05) is 27.3 Å². The number of benzene rings is 3. The average molecular weight is 547 g/mol. The first kappa shape index (κ1) is 25.7. The molecule has 0 saturated heterocycles. The molecule has 34 heavy (non-hydrogen) atoms. The summed E-state index contributed by atoms with van der Waals surface area (Å²) < 4.78 is 39.2. The van der Waals surface area contributed by atoms with Crippen LogP contribution in [-0.4, -0.2) is 45.9 Å².